The van der Waals surface area contributed by atoms with E-state index in [4.69, 9.17) is 21.4 Å². The van der Waals surface area contributed by atoms with Crippen LogP contribution in [0.15, 0.2) is 78.9 Å². The molecule has 0 spiro atoms. The number of amides is 2. The lowest BCUT2D eigenvalue weighted by molar-refractivity contribution is -0.139. The molecule has 8 heteroatoms. The molecule has 0 bridgehead atoms. The molecule has 190 valence electrons. The largest absolute Gasteiger partial charge is 0.482 e. The fourth-order valence-corrected chi connectivity index (χ4v) is 5.08. The fourth-order valence-electron chi connectivity index (χ4n) is 4.91. The molecule has 2 aliphatic heterocycles. The number of aliphatic hydroxyl groups is 2. The third-order valence-corrected chi connectivity index (χ3v) is 7.09. The molecular formula is C29H27ClN2O5. The number of hydrogen-bond donors (Lipinski definition) is 2. The maximum Gasteiger partial charge on any atom is 0.269 e. The fraction of sp³-hybridized carbons (Fsp3) is 0.241. The number of carbonyl (C=O) groups excluding carboxylic acids is 2. The van der Waals surface area contributed by atoms with Gasteiger partial charge in [-0.25, -0.2) is 0 Å². The lowest BCUT2D eigenvalue weighted by Gasteiger charge is -2.29. The van der Waals surface area contributed by atoms with Crippen LogP contribution < -0.4 is 14.5 Å². The Labute approximate surface area is 220 Å². The first kappa shape index (κ1) is 25.0. The summed E-state index contributed by atoms with van der Waals surface area (Å²) in [5.74, 6) is -0.498. The first-order valence-electron chi connectivity index (χ1n) is 12.1. The van der Waals surface area contributed by atoms with E-state index in [9.17, 15) is 14.7 Å². The molecule has 2 N–H and O–H groups in total. The number of carbonyl (C=O) groups is 2. The van der Waals surface area contributed by atoms with Crippen LogP contribution in [0.25, 0.3) is 0 Å². The van der Waals surface area contributed by atoms with E-state index >= 15 is 0 Å². The highest BCUT2D eigenvalue weighted by Crippen LogP contribution is 2.47. The van der Waals surface area contributed by atoms with Gasteiger partial charge in [-0.3, -0.25) is 14.5 Å². The van der Waals surface area contributed by atoms with E-state index in [1.54, 1.807) is 47.1 Å². The normalized spacial score (nSPS) is 19.7. The Hall–Kier alpha value is -3.65. The number of nitrogens with zero attached hydrogens (tertiary/aromatic N) is 2. The summed E-state index contributed by atoms with van der Waals surface area (Å²) < 4.78 is 5.54. The van der Waals surface area contributed by atoms with Crippen LogP contribution in [0.2, 0.25) is 5.02 Å². The molecule has 5 rings (SSSR count). The number of anilines is 3. The second kappa shape index (κ2) is 10.0. The van der Waals surface area contributed by atoms with E-state index in [2.05, 4.69) is 0 Å². The van der Waals surface area contributed by atoms with Crippen LogP contribution in [0.5, 0.6) is 5.75 Å². The molecule has 0 saturated heterocycles. The van der Waals surface area contributed by atoms with Gasteiger partial charge in [0.25, 0.3) is 11.8 Å². The van der Waals surface area contributed by atoms with Crippen LogP contribution in [0, 0.1) is 5.92 Å². The zero-order valence-corrected chi connectivity index (χ0v) is 21.1. The number of halogens is 1. The predicted molar refractivity (Wildman–Crippen MR) is 142 cm³/mol. The topological polar surface area (TPSA) is 90.3 Å². The van der Waals surface area contributed by atoms with Crippen molar-refractivity contribution in [1.29, 1.82) is 0 Å². The van der Waals surface area contributed by atoms with Gasteiger partial charge < -0.3 is 19.8 Å². The highest BCUT2D eigenvalue weighted by atomic mass is 35.5. The Morgan fingerprint density at radius 3 is 2.59 bits per heavy atom. The molecule has 0 unspecified atom stereocenters. The zero-order chi connectivity index (χ0) is 26.2. The summed E-state index contributed by atoms with van der Waals surface area (Å²) >= 11 is 6.24. The monoisotopic (exact) mass is 518 g/mol. The molecule has 0 radical (unpaired) electrons. The van der Waals surface area contributed by atoms with Crippen LogP contribution in [-0.4, -0.2) is 35.2 Å². The van der Waals surface area contributed by atoms with Crippen LogP contribution in [0.4, 0.5) is 17.1 Å². The summed E-state index contributed by atoms with van der Waals surface area (Å²) in [6.45, 7) is 1.95. The Morgan fingerprint density at radius 1 is 1.08 bits per heavy atom. The molecule has 0 saturated carbocycles. The Bertz CT molecular complexity index is 1370. The third-order valence-electron chi connectivity index (χ3n) is 6.85. The summed E-state index contributed by atoms with van der Waals surface area (Å²) in [5, 5.41) is 21.2. The Balaban J connectivity index is 1.43. The van der Waals surface area contributed by atoms with Gasteiger partial charge >= 0.3 is 0 Å². The van der Waals surface area contributed by atoms with Gasteiger partial charge in [0.05, 0.1) is 17.9 Å². The number of fused-ring (bicyclic) bond motifs is 2. The number of ether oxygens (including phenoxy) is 1. The van der Waals surface area contributed by atoms with Crippen molar-refractivity contribution in [2.24, 2.45) is 5.92 Å². The highest BCUT2D eigenvalue weighted by molar-refractivity contribution is 6.31. The minimum atomic E-state index is -1.78. The number of hydrogen-bond acceptors (Lipinski definition) is 5. The van der Waals surface area contributed by atoms with Gasteiger partial charge in [0, 0.05) is 28.8 Å². The molecule has 7 nitrogen and oxygen atoms in total. The van der Waals surface area contributed by atoms with Crippen LogP contribution in [0.3, 0.4) is 0 Å². The standard InChI is InChI=1S/C29H27ClN2O5/c1-19(6-4-5-15-33)29(36)23-16-21(30)11-14-24(23)31(28(29)35)17-20-9-12-22(13-10-20)32-25-7-2-3-8-26(25)37-18-27(32)34/h2-4,6-14,16,19,33,36H,5,15,17-18H2,1H3/b6-4+/t19-,29+/m1/s1. The van der Waals surface area contributed by atoms with Crippen molar-refractivity contribution in [2.75, 3.05) is 23.0 Å². The Kier molecular flexibility index (Phi) is 6.77. The van der Waals surface area contributed by atoms with E-state index in [0.717, 1.165) is 5.56 Å². The smallest absolute Gasteiger partial charge is 0.269 e. The molecule has 2 atom stereocenters. The molecule has 2 amide bonds. The van der Waals surface area contributed by atoms with Gasteiger partial charge in [-0.2, -0.15) is 0 Å². The molecule has 0 aliphatic carbocycles. The number of para-hydroxylation sites is 2. The maximum atomic E-state index is 13.7. The van der Waals surface area contributed by atoms with E-state index in [0.29, 0.717) is 39.8 Å². The Morgan fingerprint density at radius 2 is 1.84 bits per heavy atom. The molecule has 3 aromatic carbocycles. The number of benzene rings is 3. The van der Waals surface area contributed by atoms with Crippen molar-refractivity contribution >= 4 is 40.5 Å². The van der Waals surface area contributed by atoms with Crippen LogP contribution in [-0.2, 0) is 21.7 Å². The third kappa shape index (κ3) is 4.39. The van der Waals surface area contributed by atoms with E-state index in [1.807, 2.05) is 48.5 Å². The summed E-state index contributed by atoms with van der Waals surface area (Å²) in [4.78, 5) is 29.5. The van der Waals surface area contributed by atoms with Gasteiger partial charge in [0.2, 0.25) is 0 Å². The number of aliphatic hydroxyl groups excluding tert-OH is 1. The minimum Gasteiger partial charge on any atom is -0.482 e. The average molecular weight is 519 g/mol. The van der Waals surface area contributed by atoms with Crippen molar-refractivity contribution in [2.45, 2.75) is 25.5 Å². The minimum absolute atomic E-state index is 0.0121. The van der Waals surface area contributed by atoms with Gasteiger partial charge in [-0.1, -0.05) is 54.9 Å². The summed E-state index contributed by atoms with van der Waals surface area (Å²) in [6, 6.07) is 19.9. The van der Waals surface area contributed by atoms with Gasteiger partial charge in [-0.15, -0.1) is 0 Å². The summed E-state index contributed by atoms with van der Waals surface area (Å²) in [7, 11) is 0. The maximum absolute atomic E-state index is 13.7. The molecule has 3 aromatic rings. The number of rotatable bonds is 7. The molecule has 2 heterocycles. The quantitative estimate of drug-likeness (QED) is 0.442. The molecule has 0 fully saturated rings. The second-order valence-corrected chi connectivity index (χ2v) is 9.64. The first-order chi connectivity index (χ1) is 17.8. The molecule has 37 heavy (non-hydrogen) atoms. The van der Waals surface area contributed by atoms with Crippen LogP contribution >= 0.6 is 11.6 Å². The highest BCUT2D eigenvalue weighted by Gasteiger charge is 2.52. The van der Waals surface area contributed by atoms with E-state index in [1.165, 1.54) is 0 Å². The van der Waals surface area contributed by atoms with Gasteiger partial charge in [0.1, 0.15) is 5.75 Å². The first-order valence-corrected chi connectivity index (χ1v) is 12.5. The lowest BCUT2D eigenvalue weighted by Crippen LogP contribution is -2.44. The molecule has 2 aliphatic rings. The van der Waals surface area contributed by atoms with Crippen LogP contribution in [0.1, 0.15) is 24.5 Å². The van der Waals surface area contributed by atoms with Crippen molar-refractivity contribution in [3.05, 3.63) is 95.0 Å². The van der Waals surface area contributed by atoms with Crippen molar-refractivity contribution < 1.29 is 24.5 Å². The SMILES string of the molecule is C[C@H](/C=C/CCO)[C@@]1(O)C(=O)N(Cc2ccc(N3C(=O)COc4ccccc43)cc2)c2ccc(Cl)cc21. The van der Waals surface area contributed by atoms with E-state index in [-0.39, 0.29) is 25.7 Å². The van der Waals surface area contributed by atoms with Crippen molar-refractivity contribution in [3.63, 3.8) is 0 Å². The zero-order valence-electron chi connectivity index (χ0n) is 20.3. The summed E-state index contributed by atoms with van der Waals surface area (Å²) in [5.41, 5.74) is 1.48. The summed E-state index contributed by atoms with van der Waals surface area (Å²) in [6.07, 6.45) is 3.93. The lowest BCUT2D eigenvalue weighted by atomic mass is 9.83. The van der Waals surface area contributed by atoms with Crippen molar-refractivity contribution in [3.8, 4) is 5.75 Å². The second-order valence-electron chi connectivity index (χ2n) is 9.20. The van der Waals surface area contributed by atoms with Gasteiger partial charge in [-0.05, 0) is 54.4 Å². The molecular weight excluding hydrogens is 492 g/mol. The average Bonchev–Trinajstić information content (AvgIpc) is 3.11. The van der Waals surface area contributed by atoms with E-state index < -0.39 is 17.4 Å². The predicted octanol–water partition coefficient (Wildman–Crippen LogP) is 4.71. The molecule has 0 aromatic heterocycles. The van der Waals surface area contributed by atoms with Gasteiger partial charge in [0.15, 0.2) is 12.2 Å². The van der Waals surface area contributed by atoms with Crippen molar-refractivity contribution in [1.82, 2.24) is 0 Å².